The quantitative estimate of drug-likeness (QED) is 0.734. The molecule has 0 spiro atoms. The van der Waals surface area contributed by atoms with Gasteiger partial charge in [-0.1, -0.05) is 40.9 Å². The van der Waals surface area contributed by atoms with Crippen LogP contribution in [-0.4, -0.2) is 34.3 Å². The van der Waals surface area contributed by atoms with Crippen LogP contribution in [0.4, 0.5) is 10.5 Å². The lowest BCUT2D eigenvalue weighted by Crippen LogP contribution is -2.44. The summed E-state index contributed by atoms with van der Waals surface area (Å²) in [5, 5.41) is 1.08. The number of benzene rings is 1. The molecule has 1 unspecified atom stereocenters. The minimum atomic E-state index is -0.708. The molecule has 146 valence electrons. The number of nitrogens with zero attached hydrogens (tertiary/aromatic N) is 3. The van der Waals surface area contributed by atoms with Crippen LogP contribution in [0.5, 0.6) is 0 Å². The Labute approximate surface area is 176 Å². The van der Waals surface area contributed by atoms with E-state index < -0.39 is 23.8 Å². The molecule has 1 fully saturated rings. The van der Waals surface area contributed by atoms with Gasteiger partial charge in [-0.3, -0.25) is 19.4 Å². The summed E-state index contributed by atoms with van der Waals surface area (Å²) in [6, 6.07) is 7.42. The molecule has 1 aliphatic rings. The number of carbonyl (C=O) groups excluding carboxylic acids is 3. The second-order valence-corrected chi connectivity index (χ2v) is 7.48. The molecule has 28 heavy (non-hydrogen) atoms. The molecule has 0 bridgehead atoms. The fraction of sp³-hybridized carbons (Fsp3) is 0.222. The maximum Gasteiger partial charge on any atom is 0.331 e. The first-order valence-electron chi connectivity index (χ1n) is 8.23. The van der Waals surface area contributed by atoms with Crippen molar-refractivity contribution in [3.8, 4) is 0 Å². The van der Waals surface area contributed by atoms with Crippen molar-refractivity contribution in [3.63, 3.8) is 0 Å². The zero-order chi connectivity index (χ0) is 20.4. The monoisotopic (exact) mass is 440 g/mol. The number of likely N-dealkylation sites (tertiary alicyclic amines) is 1. The number of aromatic nitrogens is 1. The highest BCUT2D eigenvalue weighted by molar-refractivity contribution is 6.35. The summed E-state index contributed by atoms with van der Waals surface area (Å²) in [4.78, 5) is 43.2. The van der Waals surface area contributed by atoms with Crippen LogP contribution in [0.25, 0.3) is 0 Å². The van der Waals surface area contributed by atoms with Crippen LogP contribution in [0, 0.1) is 5.92 Å². The van der Waals surface area contributed by atoms with E-state index in [-0.39, 0.29) is 24.7 Å². The lowest BCUT2D eigenvalue weighted by molar-refractivity contribution is -0.126. The number of imide groups is 1. The van der Waals surface area contributed by atoms with E-state index >= 15 is 0 Å². The van der Waals surface area contributed by atoms with Crippen molar-refractivity contribution in [2.75, 3.05) is 11.4 Å². The zero-order valence-corrected chi connectivity index (χ0v) is 16.7. The Kier molecular flexibility index (Phi) is 6.07. The first-order chi connectivity index (χ1) is 13.3. The van der Waals surface area contributed by atoms with Crippen molar-refractivity contribution < 1.29 is 14.4 Å². The molecule has 1 aliphatic heterocycles. The topological polar surface area (TPSA) is 96.6 Å². The summed E-state index contributed by atoms with van der Waals surface area (Å²) in [7, 11) is 0. The Morgan fingerprint density at radius 3 is 2.54 bits per heavy atom. The number of halogens is 3. The molecule has 10 heteroatoms. The largest absolute Gasteiger partial charge is 0.369 e. The normalized spacial score (nSPS) is 16.3. The second-order valence-electron chi connectivity index (χ2n) is 6.25. The minimum Gasteiger partial charge on any atom is -0.369 e. The van der Waals surface area contributed by atoms with E-state index in [1.165, 1.54) is 17.2 Å². The summed E-state index contributed by atoms with van der Waals surface area (Å²) >= 11 is 18.0. The third kappa shape index (κ3) is 4.38. The van der Waals surface area contributed by atoms with E-state index in [1.807, 2.05) is 0 Å². The zero-order valence-electron chi connectivity index (χ0n) is 14.4. The van der Waals surface area contributed by atoms with Crippen LogP contribution in [0.1, 0.15) is 12.0 Å². The second kappa shape index (κ2) is 8.34. The fourth-order valence-electron chi connectivity index (χ4n) is 2.85. The number of carbonyl (C=O) groups is 3. The highest BCUT2D eigenvalue weighted by Gasteiger charge is 2.39. The van der Waals surface area contributed by atoms with Crippen molar-refractivity contribution in [2.45, 2.75) is 13.0 Å². The number of rotatable bonds is 4. The van der Waals surface area contributed by atoms with E-state index in [0.717, 1.165) is 4.90 Å². The molecule has 7 nitrogen and oxygen atoms in total. The minimum absolute atomic E-state index is 0.0587. The smallest absolute Gasteiger partial charge is 0.331 e. The van der Waals surface area contributed by atoms with E-state index in [9.17, 15) is 14.4 Å². The van der Waals surface area contributed by atoms with Gasteiger partial charge in [-0.05, 0) is 29.8 Å². The Bertz CT molecular complexity index is 936. The van der Waals surface area contributed by atoms with E-state index in [0.29, 0.717) is 21.3 Å². The van der Waals surface area contributed by atoms with Crippen LogP contribution in [0.3, 0.4) is 0 Å². The maximum atomic E-state index is 13.1. The maximum absolute atomic E-state index is 13.1. The van der Waals surface area contributed by atoms with Crippen molar-refractivity contribution in [3.05, 3.63) is 57.3 Å². The molecule has 3 rings (SSSR count). The van der Waals surface area contributed by atoms with Gasteiger partial charge in [0.25, 0.3) is 0 Å². The van der Waals surface area contributed by atoms with E-state index in [1.54, 1.807) is 24.3 Å². The van der Waals surface area contributed by atoms with Gasteiger partial charge in [0, 0.05) is 23.0 Å². The molecule has 2 aromatic rings. The molecule has 0 saturated carbocycles. The van der Waals surface area contributed by atoms with Gasteiger partial charge in [0.05, 0.1) is 24.3 Å². The summed E-state index contributed by atoms with van der Waals surface area (Å²) < 4.78 is 0. The van der Waals surface area contributed by atoms with Crippen LogP contribution in [0.2, 0.25) is 15.2 Å². The first-order valence-corrected chi connectivity index (χ1v) is 9.36. The lowest BCUT2D eigenvalue weighted by atomic mass is 10.1. The Morgan fingerprint density at radius 2 is 1.96 bits per heavy atom. The molecule has 2 heterocycles. The Balaban J connectivity index is 1.94. The molecule has 2 N–H and O–H groups in total. The van der Waals surface area contributed by atoms with Crippen LogP contribution in [-0.2, 0) is 16.1 Å². The van der Waals surface area contributed by atoms with Gasteiger partial charge in [-0.15, -0.1) is 0 Å². The first kappa shape index (κ1) is 20.4. The van der Waals surface area contributed by atoms with Gasteiger partial charge >= 0.3 is 6.03 Å². The van der Waals surface area contributed by atoms with Gasteiger partial charge in [0.2, 0.25) is 11.8 Å². The average molecular weight is 442 g/mol. The van der Waals surface area contributed by atoms with Gasteiger partial charge in [-0.25, -0.2) is 9.78 Å². The molecular weight excluding hydrogens is 427 g/mol. The van der Waals surface area contributed by atoms with Crippen molar-refractivity contribution in [1.29, 1.82) is 0 Å². The molecule has 1 atom stereocenters. The highest BCUT2D eigenvalue weighted by Crippen LogP contribution is 2.27. The number of hydrogen-bond donors (Lipinski definition) is 1. The third-order valence-electron chi connectivity index (χ3n) is 4.36. The van der Waals surface area contributed by atoms with Crippen LogP contribution < -0.4 is 10.6 Å². The van der Waals surface area contributed by atoms with Crippen LogP contribution >= 0.6 is 34.8 Å². The summed E-state index contributed by atoms with van der Waals surface area (Å²) in [6.45, 7) is -0.0119. The molecule has 1 saturated heterocycles. The number of urea groups is 1. The SMILES string of the molecule is NC(=O)C1CC(=O)N(C(=O)N(Cc2ccc(Cl)cc2Cl)c2ccc(Cl)nc2)C1. The van der Waals surface area contributed by atoms with Crippen molar-refractivity contribution >= 4 is 58.3 Å². The van der Waals surface area contributed by atoms with Gasteiger partial charge in [-0.2, -0.15) is 0 Å². The predicted octanol–water partition coefficient (Wildman–Crippen LogP) is 3.50. The number of amides is 4. The predicted molar refractivity (Wildman–Crippen MR) is 106 cm³/mol. The average Bonchev–Trinajstić information content (AvgIpc) is 3.04. The summed E-state index contributed by atoms with van der Waals surface area (Å²) in [6.07, 6.45) is 1.31. The number of anilines is 1. The number of pyridine rings is 1. The number of hydrogen-bond acceptors (Lipinski definition) is 4. The van der Waals surface area contributed by atoms with Gasteiger partial charge in [0.1, 0.15) is 5.15 Å². The highest BCUT2D eigenvalue weighted by atomic mass is 35.5. The van der Waals surface area contributed by atoms with Crippen molar-refractivity contribution in [2.24, 2.45) is 11.7 Å². The molecule has 1 aromatic heterocycles. The van der Waals surface area contributed by atoms with Gasteiger partial charge < -0.3 is 5.73 Å². The lowest BCUT2D eigenvalue weighted by Gasteiger charge is -2.27. The Hall–Kier alpha value is -2.35. The third-order valence-corrected chi connectivity index (χ3v) is 5.17. The fourth-order valence-corrected chi connectivity index (χ4v) is 3.43. The molecule has 1 aromatic carbocycles. The number of nitrogens with two attached hydrogens (primary N) is 1. The molecule has 0 radical (unpaired) electrons. The standard InChI is InChI=1S/C18H15Cl3N4O3/c19-12-2-1-10(14(20)6-12)8-24(13-3-4-15(21)23-7-13)18(28)25-9-11(17(22)27)5-16(25)26/h1-4,6-7,11H,5,8-9H2,(H2,22,27). The molecule has 0 aliphatic carbocycles. The van der Waals surface area contributed by atoms with E-state index in [4.69, 9.17) is 40.5 Å². The van der Waals surface area contributed by atoms with Crippen molar-refractivity contribution in [1.82, 2.24) is 9.88 Å². The Morgan fingerprint density at radius 1 is 1.21 bits per heavy atom. The van der Waals surface area contributed by atoms with Gasteiger partial charge in [0.15, 0.2) is 0 Å². The summed E-state index contributed by atoms with van der Waals surface area (Å²) in [5.74, 6) is -1.80. The molecule has 4 amide bonds. The molecular formula is C18H15Cl3N4O3. The summed E-state index contributed by atoms with van der Waals surface area (Å²) in [5.41, 5.74) is 6.32. The van der Waals surface area contributed by atoms with E-state index in [2.05, 4.69) is 4.98 Å². The van der Waals surface area contributed by atoms with Crippen LogP contribution in [0.15, 0.2) is 36.5 Å². The number of primary amides is 1.